The first-order chi connectivity index (χ1) is 8.99. The molecule has 0 aliphatic rings. The normalized spacial score (nSPS) is 10.3. The van der Waals surface area contributed by atoms with Crippen LogP contribution in [-0.2, 0) is 0 Å². The smallest absolute Gasteiger partial charge is 0.339 e. The predicted octanol–water partition coefficient (Wildman–Crippen LogP) is 5.14. The number of benzene rings is 2. The molecule has 2 aromatic rings. The summed E-state index contributed by atoms with van der Waals surface area (Å²) >= 11 is 17.6. The first-order valence-corrected chi connectivity index (χ1v) is 6.27. The molecule has 19 heavy (non-hydrogen) atoms. The second kappa shape index (κ2) is 5.70. The molecule has 0 aliphatic heterocycles. The molecule has 2 rings (SSSR count). The van der Waals surface area contributed by atoms with Crippen LogP contribution >= 0.6 is 34.8 Å². The third-order valence-electron chi connectivity index (χ3n) is 2.31. The highest BCUT2D eigenvalue weighted by Gasteiger charge is 2.14. The van der Waals surface area contributed by atoms with Crippen molar-refractivity contribution in [3.8, 4) is 11.5 Å². The van der Waals surface area contributed by atoms with Crippen molar-refractivity contribution in [2.24, 2.45) is 0 Å². The van der Waals surface area contributed by atoms with Crippen molar-refractivity contribution in [3.63, 3.8) is 0 Å². The van der Waals surface area contributed by atoms with Gasteiger partial charge in [0.1, 0.15) is 22.1 Å². The maximum absolute atomic E-state index is 11.1. The van der Waals surface area contributed by atoms with E-state index in [1.165, 1.54) is 18.2 Å². The summed E-state index contributed by atoms with van der Waals surface area (Å²) in [6.07, 6.45) is 0. The molecule has 2 aromatic carbocycles. The van der Waals surface area contributed by atoms with Gasteiger partial charge in [-0.05, 0) is 30.3 Å². The van der Waals surface area contributed by atoms with Crippen molar-refractivity contribution in [2.45, 2.75) is 0 Å². The number of rotatable bonds is 3. The van der Waals surface area contributed by atoms with Crippen LogP contribution in [0.15, 0.2) is 36.4 Å². The molecule has 0 heterocycles. The quantitative estimate of drug-likeness (QED) is 0.853. The Morgan fingerprint density at radius 1 is 1.05 bits per heavy atom. The highest BCUT2D eigenvalue weighted by molar-refractivity contribution is 6.42. The van der Waals surface area contributed by atoms with E-state index in [1.54, 1.807) is 18.2 Å². The monoisotopic (exact) mass is 316 g/mol. The van der Waals surface area contributed by atoms with Crippen LogP contribution in [0.2, 0.25) is 15.1 Å². The highest BCUT2D eigenvalue weighted by Crippen LogP contribution is 2.36. The van der Waals surface area contributed by atoms with E-state index < -0.39 is 5.97 Å². The molecular formula is C13H7Cl3O3. The van der Waals surface area contributed by atoms with Gasteiger partial charge in [-0.1, -0.05) is 40.9 Å². The zero-order valence-corrected chi connectivity index (χ0v) is 11.6. The molecule has 0 unspecified atom stereocenters. The molecule has 0 bridgehead atoms. The van der Waals surface area contributed by atoms with Crippen LogP contribution in [0.5, 0.6) is 11.5 Å². The summed E-state index contributed by atoms with van der Waals surface area (Å²) in [4.78, 5) is 11.1. The fraction of sp³-hybridized carbons (Fsp3) is 0. The minimum Gasteiger partial charge on any atom is -0.478 e. The number of halogens is 3. The Morgan fingerprint density at radius 2 is 1.79 bits per heavy atom. The van der Waals surface area contributed by atoms with Crippen molar-refractivity contribution >= 4 is 40.8 Å². The topological polar surface area (TPSA) is 46.5 Å². The lowest BCUT2D eigenvalue weighted by Crippen LogP contribution is -2.00. The van der Waals surface area contributed by atoms with Gasteiger partial charge < -0.3 is 9.84 Å². The number of carboxylic acids is 1. The Morgan fingerprint density at radius 3 is 2.47 bits per heavy atom. The van der Waals surface area contributed by atoms with Crippen LogP contribution in [0.4, 0.5) is 0 Å². The zero-order valence-electron chi connectivity index (χ0n) is 9.36. The Labute approximate surface area is 124 Å². The molecule has 6 heteroatoms. The third kappa shape index (κ3) is 3.13. The van der Waals surface area contributed by atoms with Crippen LogP contribution in [0.1, 0.15) is 10.4 Å². The number of ether oxygens (including phenoxy) is 1. The third-order valence-corrected chi connectivity index (χ3v) is 3.34. The summed E-state index contributed by atoms with van der Waals surface area (Å²) < 4.78 is 5.48. The number of hydrogen-bond donors (Lipinski definition) is 1. The summed E-state index contributed by atoms with van der Waals surface area (Å²) in [7, 11) is 0. The Hall–Kier alpha value is -1.42. The predicted molar refractivity (Wildman–Crippen MR) is 74.9 cm³/mol. The van der Waals surface area contributed by atoms with Crippen molar-refractivity contribution in [1.82, 2.24) is 0 Å². The molecular weight excluding hydrogens is 310 g/mol. The fourth-order valence-corrected chi connectivity index (χ4v) is 1.94. The molecule has 3 nitrogen and oxygen atoms in total. The average Bonchev–Trinajstić information content (AvgIpc) is 2.36. The van der Waals surface area contributed by atoms with Gasteiger partial charge in [0.05, 0.1) is 5.02 Å². The van der Waals surface area contributed by atoms with Gasteiger partial charge in [-0.25, -0.2) is 4.79 Å². The van der Waals surface area contributed by atoms with Gasteiger partial charge >= 0.3 is 5.97 Å². The largest absolute Gasteiger partial charge is 0.478 e. The molecule has 0 aromatic heterocycles. The molecule has 98 valence electrons. The van der Waals surface area contributed by atoms with Gasteiger partial charge in [-0.2, -0.15) is 0 Å². The van der Waals surface area contributed by atoms with E-state index in [-0.39, 0.29) is 22.1 Å². The van der Waals surface area contributed by atoms with E-state index in [0.717, 1.165) is 0 Å². The summed E-state index contributed by atoms with van der Waals surface area (Å²) in [5.74, 6) is -0.726. The van der Waals surface area contributed by atoms with Crippen molar-refractivity contribution in [3.05, 3.63) is 57.0 Å². The molecule has 0 radical (unpaired) electrons. The molecule has 0 spiro atoms. The van der Waals surface area contributed by atoms with Gasteiger partial charge in [0, 0.05) is 5.02 Å². The van der Waals surface area contributed by atoms with E-state index in [2.05, 4.69) is 0 Å². The van der Waals surface area contributed by atoms with Gasteiger partial charge in [0.2, 0.25) is 0 Å². The van der Waals surface area contributed by atoms with Crippen molar-refractivity contribution in [1.29, 1.82) is 0 Å². The van der Waals surface area contributed by atoms with E-state index in [1.807, 2.05) is 0 Å². The molecule has 1 N–H and O–H groups in total. The minimum atomic E-state index is -1.14. The van der Waals surface area contributed by atoms with Crippen molar-refractivity contribution in [2.75, 3.05) is 0 Å². The van der Waals surface area contributed by atoms with Crippen LogP contribution in [0, 0.1) is 0 Å². The highest BCUT2D eigenvalue weighted by atomic mass is 35.5. The fourth-order valence-electron chi connectivity index (χ4n) is 1.44. The Balaban J connectivity index is 2.44. The first-order valence-electron chi connectivity index (χ1n) is 5.13. The standard InChI is InChI=1S/C13H7Cl3O3/c14-7-4-5-10(8(6-7)13(17)18)19-11-3-1-2-9(15)12(11)16/h1-6H,(H,17,18). The summed E-state index contributed by atoms with van der Waals surface area (Å²) in [6.45, 7) is 0. The van der Waals surface area contributed by atoms with E-state index in [0.29, 0.717) is 10.0 Å². The second-order valence-corrected chi connectivity index (χ2v) is 4.82. The SMILES string of the molecule is O=C(O)c1cc(Cl)ccc1Oc1cccc(Cl)c1Cl. The molecule has 0 saturated carbocycles. The number of aromatic carboxylic acids is 1. The Bertz CT molecular complexity index is 641. The van der Waals surface area contributed by atoms with Gasteiger partial charge in [0.15, 0.2) is 0 Å². The summed E-state index contributed by atoms with van der Waals surface area (Å²) in [5.41, 5.74) is -0.0523. The lowest BCUT2D eigenvalue weighted by atomic mass is 10.2. The average molecular weight is 318 g/mol. The van der Waals surface area contributed by atoms with Gasteiger partial charge in [-0.3, -0.25) is 0 Å². The maximum Gasteiger partial charge on any atom is 0.339 e. The number of hydrogen-bond acceptors (Lipinski definition) is 2. The molecule has 0 atom stereocenters. The number of carbonyl (C=O) groups is 1. The lowest BCUT2D eigenvalue weighted by Gasteiger charge is -2.11. The van der Waals surface area contributed by atoms with Crippen LogP contribution in [0.25, 0.3) is 0 Å². The summed E-state index contributed by atoms with van der Waals surface area (Å²) in [5, 5.41) is 9.94. The second-order valence-electron chi connectivity index (χ2n) is 3.60. The van der Waals surface area contributed by atoms with Crippen molar-refractivity contribution < 1.29 is 14.6 Å². The van der Waals surface area contributed by atoms with Gasteiger partial charge in [-0.15, -0.1) is 0 Å². The zero-order chi connectivity index (χ0) is 14.0. The van der Waals surface area contributed by atoms with Crippen LogP contribution < -0.4 is 4.74 Å². The Kier molecular flexibility index (Phi) is 4.20. The van der Waals surface area contributed by atoms with Gasteiger partial charge in [0.25, 0.3) is 0 Å². The molecule has 0 amide bonds. The van der Waals surface area contributed by atoms with Crippen LogP contribution in [0.3, 0.4) is 0 Å². The molecule has 0 saturated heterocycles. The summed E-state index contributed by atoms with van der Waals surface area (Å²) in [6, 6.07) is 9.15. The minimum absolute atomic E-state index is 0.0523. The van der Waals surface area contributed by atoms with Crippen LogP contribution in [-0.4, -0.2) is 11.1 Å². The first kappa shape index (κ1) is 14.0. The maximum atomic E-state index is 11.1. The number of carboxylic acid groups (broad SMARTS) is 1. The lowest BCUT2D eigenvalue weighted by molar-refractivity contribution is 0.0694. The molecule has 0 aliphatic carbocycles. The van der Waals surface area contributed by atoms with E-state index in [9.17, 15) is 4.79 Å². The van der Waals surface area contributed by atoms with E-state index >= 15 is 0 Å². The van der Waals surface area contributed by atoms with E-state index in [4.69, 9.17) is 44.6 Å². The molecule has 0 fully saturated rings.